The van der Waals surface area contributed by atoms with Gasteiger partial charge in [0, 0.05) is 43.7 Å². The number of halogens is 5. The molecule has 8 nitrogen and oxygen atoms in total. The van der Waals surface area contributed by atoms with Gasteiger partial charge in [-0.15, -0.1) is 0 Å². The lowest BCUT2D eigenvalue weighted by atomic mass is 9.74. The van der Waals surface area contributed by atoms with E-state index in [-0.39, 0.29) is 24.4 Å². The zero-order valence-corrected chi connectivity index (χ0v) is 20.9. The van der Waals surface area contributed by atoms with Crippen molar-refractivity contribution in [3.63, 3.8) is 0 Å². The maximum Gasteiger partial charge on any atom is 0.406 e. The summed E-state index contributed by atoms with van der Waals surface area (Å²) in [5, 5.41) is 2.82. The van der Waals surface area contributed by atoms with Gasteiger partial charge in [-0.3, -0.25) is 9.59 Å². The third-order valence-electron chi connectivity index (χ3n) is 7.45. The highest BCUT2D eigenvalue weighted by molar-refractivity contribution is 6.05. The van der Waals surface area contributed by atoms with Gasteiger partial charge in [-0.1, -0.05) is 18.2 Å². The van der Waals surface area contributed by atoms with Gasteiger partial charge in [-0.25, -0.2) is 18.6 Å². The van der Waals surface area contributed by atoms with Crippen LogP contribution < -0.4 is 11.1 Å². The first-order chi connectivity index (χ1) is 18.4. The number of amides is 4. The summed E-state index contributed by atoms with van der Waals surface area (Å²) in [5.74, 6) is -2.69. The lowest BCUT2D eigenvalue weighted by Gasteiger charge is -2.36. The summed E-state index contributed by atoms with van der Waals surface area (Å²) in [6.07, 6.45) is -0.958. The highest BCUT2D eigenvalue weighted by Gasteiger charge is 2.49. The number of likely N-dealkylation sites (tertiary alicyclic amines) is 2. The number of nitrogens with two attached hydrogens (primary N) is 1. The van der Waals surface area contributed by atoms with Crippen LogP contribution in [0.4, 0.5) is 32.6 Å². The molecule has 5 rings (SSSR count). The summed E-state index contributed by atoms with van der Waals surface area (Å²) in [6.45, 7) is -0.591. The Morgan fingerprint density at radius 1 is 1.13 bits per heavy atom. The maximum absolute atomic E-state index is 13.8. The molecule has 2 fully saturated rings. The van der Waals surface area contributed by atoms with Crippen LogP contribution >= 0.6 is 0 Å². The Labute approximate surface area is 221 Å². The van der Waals surface area contributed by atoms with Gasteiger partial charge in [-0.2, -0.15) is 13.2 Å². The van der Waals surface area contributed by atoms with E-state index in [1.54, 1.807) is 11.1 Å². The molecule has 210 valence electrons. The summed E-state index contributed by atoms with van der Waals surface area (Å²) in [4.78, 5) is 41.4. The van der Waals surface area contributed by atoms with Crippen LogP contribution in [0.1, 0.15) is 49.1 Å². The lowest BCUT2D eigenvalue weighted by molar-refractivity contribution is -0.160. The number of hydrogen-bond acceptors (Lipinski definition) is 4. The molecule has 0 unspecified atom stereocenters. The molecule has 1 aromatic heterocycles. The van der Waals surface area contributed by atoms with E-state index in [1.807, 2.05) is 12.1 Å². The molecule has 1 atom stereocenters. The van der Waals surface area contributed by atoms with Crippen molar-refractivity contribution in [2.45, 2.75) is 49.6 Å². The predicted molar refractivity (Wildman–Crippen MR) is 131 cm³/mol. The number of pyridine rings is 1. The summed E-state index contributed by atoms with van der Waals surface area (Å²) in [7, 11) is 0. The van der Waals surface area contributed by atoms with Gasteiger partial charge in [0.1, 0.15) is 12.4 Å². The molecule has 39 heavy (non-hydrogen) atoms. The molecule has 3 N–H and O–H groups in total. The lowest BCUT2D eigenvalue weighted by Crippen LogP contribution is -2.49. The Morgan fingerprint density at radius 3 is 2.51 bits per heavy atom. The summed E-state index contributed by atoms with van der Waals surface area (Å²) in [6, 6.07) is 6.96. The molecular formula is C26H28F5N5O3. The van der Waals surface area contributed by atoms with Gasteiger partial charge in [-0.05, 0) is 43.4 Å². The number of primary amides is 1. The number of alkyl halides is 3. The quantitative estimate of drug-likeness (QED) is 0.547. The molecule has 0 bridgehead atoms. The van der Waals surface area contributed by atoms with E-state index < -0.39 is 47.6 Å². The Hall–Kier alpha value is -3.77. The molecule has 0 saturated carbocycles. The van der Waals surface area contributed by atoms with Gasteiger partial charge in [0.05, 0.1) is 5.41 Å². The molecule has 1 spiro atoms. The number of nitrogens with one attached hydrogen (secondary N) is 1. The normalized spacial score (nSPS) is 20.6. The monoisotopic (exact) mass is 553 g/mol. The fourth-order valence-corrected chi connectivity index (χ4v) is 5.42. The molecule has 3 aliphatic rings. The zero-order valence-electron chi connectivity index (χ0n) is 20.9. The summed E-state index contributed by atoms with van der Waals surface area (Å²) in [5.41, 5.74) is 5.69. The van der Waals surface area contributed by atoms with Crippen LogP contribution in [-0.2, 0) is 15.0 Å². The van der Waals surface area contributed by atoms with E-state index in [0.717, 1.165) is 11.6 Å². The highest BCUT2D eigenvalue weighted by atomic mass is 19.4. The SMILES string of the molecule is NC(=O)N1CCC2(CC1)C(=O)Nc1ncccc12.O=C1CCC[C@@H](c2cccc(F)c2F)CN1CC(F)(F)F. The smallest absolute Gasteiger partial charge is 0.351 e. The third-order valence-corrected chi connectivity index (χ3v) is 7.45. The fourth-order valence-electron chi connectivity index (χ4n) is 5.42. The number of hydrogen-bond donors (Lipinski definition) is 2. The second kappa shape index (κ2) is 11.1. The van der Waals surface area contributed by atoms with Gasteiger partial charge in [0.2, 0.25) is 11.8 Å². The predicted octanol–water partition coefficient (Wildman–Crippen LogP) is 4.07. The number of piperidine rings is 1. The zero-order chi connectivity index (χ0) is 28.4. The second-order valence-corrected chi connectivity index (χ2v) is 9.88. The minimum absolute atomic E-state index is 0.0104. The number of nitrogens with zero attached hydrogens (tertiary/aromatic N) is 3. The van der Waals surface area contributed by atoms with Crippen molar-refractivity contribution in [2.24, 2.45) is 5.73 Å². The molecular weight excluding hydrogens is 525 g/mol. The van der Waals surface area contributed by atoms with Gasteiger partial charge >= 0.3 is 12.2 Å². The largest absolute Gasteiger partial charge is 0.406 e. The van der Waals surface area contributed by atoms with Gasteiger partial charge in [0.15, 0.2) is 11.6 Å². The van der Waals surface area contributed by atoms with Crippen LogP contribution in [0, 0.1) is 11.6 Å². The number of anilines is 1. The van der Waals surface area contributed by atoms with Crippen molar-refractivity contribution >= 4 is 23.7 Å². The Morgan fingerprint density at radius 2 is 1.85 bits per heavy atom. The second-order valence-electron chi connectivity index (χ2n) is 9.88. The Bertz CT molecular complexity index is 1250. The van der Waals surface area contributed by atoms with Crippen LogP contribution in [0.5, 0.6) is 0 Å². The number of urea groups is 1. The molecule has 0 aliphatic carbocycles. The topological polar surface area (TPSA) is 109 Å². The molecule has 0 radical (unpaired) electrons. The summed E-state index contributed by atoms with van der Waals surface area (Å²) < 4.78 is 64.5. The van der Waals surface area contributed by atoms with Crippen molar-refractivity contribution in [3.8, 4) is 0 Å². The van der Waals surface area contributed by atoms with E-state index in [1.165, 1.54) is 12.1 Å². The van der Waals surface area contributed by atoms with Crippen molar-refractivity contribution in [3.05, 3.63) is 59.3 Å². The first-order valence-corrected chi connectivity index (χ1v) is 12.5. The van der Waals surface area contributed by atoms with E-state index in [9.17, 15) is 36.3 Å². The number of carbonyl (C=O) groups is 3. The average Bonchev–Trinajstić information content (AvgIpc) is 3.02. The number of carbonyl (C=O) groups excluding carboxylic acids is 3. The minimum atomic E-state index is -4.51. The van der Waals surface area contributed by atoms with Gasteiger partial charge < -0.3 is 20.9 Å². The minimum Gasteiger partial charge on any atom is -0.351 e. The van der Waals surface area contributed by atoms with Gasteiger partial charge in [0.25, 0.3) is 0 Å². The average molecular weight is 554 g/mol. The van der Waals surface area contributed by atoms with Crippen LogP contribution in [-0.4, -0.2) is 65.0 Å². The van der Waals surface area contributed by atoms with Crippen molar-refractivity contribution in [1.82, 2.24) is 14.8 Å². The molecule has 1 aromatic carbocycles. The van der Waals surface area contributed by atoms with Crippen LogP contribution in [0.3, 0.4) is 0 Å². The number of benzene rings is 1. The van der Waals surface area contributed by atoms with Crippen molar-refractivity contribution in [1.29, 1.82) is 0 Å². The maximum atomic E-state index is 13.8. The van der Waals surface area contributed by atoms with Crippen molar-refractivity contribution < 1.29 is 36.3 Å². The molecule has 2 saturated heterocycles. The Kier molecular flexibility index (Phi) is 8.07. The van der Waals surface area contributed by atoms with E-state index in [4.69, 9.17) is 5.73 Å². The first-order valence-electron chi connectivity index (χ1n) is 12.5. The van der Waals surface area contributed by atoms with Crippen LogP contribution in [0.25, 0.3) is 0 Å². The number of aromatic nitrogens is 1. The van der Waals surface area contributed by atoms with E-state index in [0.29, 0.717) is 49.5 Å². The highest BCUT2D eigenvalue weighted by Crippen LogP contribution is 2.43. The van der Waals surface area contributed by atoms with Crippen LogP contribution in [0.15, 0.2) is 36.5 Å². The Balaban J connectivity index is 0.000000183. The van der Waals surface area contributed by atoms with Crippen molar-refractivity contribution in [2.75, 3.05) is 31.5 Å². The first kappa shape index (κ1) is 28.2. The van der Waals surface area contributed by atoms with Crippen LogP contribution in [0.2, 0.25) is 0 Å². The van der Waals surface area contributed by atoms with E-state index in [2.05, 4.69) is 10.3 Å². The number of rotatable bonds is 2. The molecule has 2 aromatic rings. The number of fused-ring (bicyclic) bond motifs is 2. The summed E-state index contributed by atoms with van der Waals surface area (Å²) >= 11 is 0. The standard InChI is InChI=1S/C14H14F5NO.C12H14N4O2/c15-11-5-2-4-10(13(11)16)9-3-1-6-12(21)20(7-9)8-14(17,18)19;13-11(18)16-6-3-12(4-7-16)8-2-1-5-14-9(8)15-10(12)17/h2,4-5,9H,1,3,6-8H2;1-2,5H,3-4,6-7H2,(H2,13,18)(H,14,15,17)/t9-;/m1./s1. The van der Waals surface area contributed by atoms with E-state index >= 15 is 0 Å². The fraction of sp³-hybridized carbons (Fsp3) is 0.462. The molecule has 3 aliphatic heterocycles. The molecule has 4 amide bonds. The molecule has 4 heterocycles. The molecule has 13 heteroatoms. The third kappa shape index (κ3) is 6.12.